The van der Waals surface area contributed by atoms with E-state index in [-0.39, 0.29) is 5.91 Å². The highest BCUT2D eigenvalue weighted by Gasteiger charge is 2.36. The van der Waals surface area contributed by atoms with E-state index < -0.39 is 0 Å². The van der Waals surface area contributed by atoms with Crippen molar-refractivity contribution >= 4 is 51.7 Å². The van der Waals surface area contributed by atoms with Crippen LogP contribution in [0.3, 0.4) is 0 Å². The summed E-state index contributed by atoms with van der Waals surface area (Å²) in [6, 6.07) is 8.14. The molecular weight excluding hydrogens is 308 g/mol. The molecule has 1 amide bonds. The molecule has 3 nitrogen and oxygen atoms in total. The molecule has 0 atom stereocenters. The summed E-state index contributed by atoms with van der Waals surface area (Å²) in [5.41, 5.74) is 1.12. The van der Waals surface area contributed by atoms with Gasteiger partial charge in [0.25, 0.3) is 5.91 Å². The Morgan fingerprint density at radius 1 is 1.35 bits per heavy atom. The van der Waals surface area contributed by atoms with E-state index in [0.29, 0.717) is 15.8 Å². The lowest BCUT2D eigenvalue weighted by Crippen LogP contribution is -2.24. The molecule has 2 aliphatic heterocycles. The SMILES string of the molecule is C=CCN1/C(=C2/SC(=S)N(C)C2=O)Sc2ccccc21. The quantitative estimate of drug-likeness (QED) is 0.472. The van der Waals surface area contributed by atoms with Gasteiger partial charge in [0.15, 0.2) is 0 Å². The lowest BCUT2D eigenvalue weighted by atomic mass is 10.3. The molecule has 20 heavy (non-hydrogen) atoms. The topological polar surface area (TPSA) is 23.6 Å². The van der Waals surface area contributed by atoms with E-state index in [1.165, 1.54) is 16.7 Å². The van der Waals surface area contributed by atoms with Gasteiger partial charge in [0.05, 0.1) is 5.69 Å². The molecule has 0 aliphatic carbocycles. The molecule has 1 aromatic rings. The number of hydrogen-bond acceptors (Lipinski definition) is 5. The third-order valence-corrected chi connectivity index (χ3v) is 5.93. The van der Waals surface area contributed by atoms with Crippen LogP contribution in [-0.2, 0) is 4.79 Å². The maximum absolute atomic E-state index is 12.3. The van der Waals surface area contributed by atoms with Crippen molar-refractivity contribution in [2.75, 3.05) is 18.5 Å². The first-order valence-corrected chi connectivity index (χ1v) is 8.07. The molecule has 1 fully saturated rings. The molecule has 0 radical (unpaired) electrons. The summed E-state index contributed by atoms with van der Waals surface area (Å²) in [4.78, 5) is 17.8. The van der Waals surface area contributed by atoms with E-state index >= 15 is 0 Å². The number of rotatable bonds is 2. The zero-order valence-corrected chi connectivity index (χ0v) is 13.3. The molecule has 102 valence electrons. The molecule has 1 saturated heterocycles. The molecule has 0 saturated carbocycles. The van der Waals surface area contributed by atoms with Crippen molar-refractivity contribution in [3.8, 4) is 0 Å². The molecule has 2 aliphatic rings. The Morgan fingerprint density at radius 2 is 2.10 bits per heavy atom. The van der Waals surface area contributed by atoms with Gasteiger partial charge in [0.2, 0.25) is 0 Å². The minimum absolute atomic E-state index is 0.0237. The van der Waals surface area contributed by atoms with Crippen molar-refractivity contribution in [1.82, 2.24) is 4.90 Å². The van der Waals surface area contributed by atoms with Gasteiger partial charge in [-0.1, -0.05) is 54.0 Å². The first-order valence-electron chi connectivity index (χ1n) is 6.03. The number of carbonyl (C=O) groups is 1. The molecular formula is C14H12N2OS3. The second-order valence-electron chi connectivity index (χ2n) is 4.34. The van der Waals surface area contributed by atoms with Crippen LogP contribution in [0.15, 0.2) is 51.8 Å². The highest BCUT2D eigenvalue weighted by molar-refractivity contribution is 8.27. The van der Waals surface area contributed by atoms with Crippen LogP contribution >= 0.6 is 35.7 Å². The maximum Gasteiger partial charge on any atom is 0.268 e. The van der Waals surface area contributed by atoms with Crippen molar-refractivity contribution < 1.29 is 4.79 Å². The molecule has 0 unspecified atom stereocenters. The first kappa shape index (κ1) is 13.7. The predicted molar refractivity (Wildman–Crippen MR) is 89.8 cm³/mol. The average molecular weight is 320 g/mol. The van der Waals surface area contributed by atoms with Crippen LogP contribution in [0.2, 0.25) is 0 Å². The average Bonchev–Trinajstić information content (AvgIpc) is 2.93. The molecule has 0 spiro atoms. The van der Waals surface area contributed by atoms with Crippen LogP contribution in [0.5, 0.6) is 0 Å². The normalized spacial score (nSPS) is 21.6. The zero-order valence-electron chi connectivity index (χ0n) is 10.8. The van der Waals surface area contributed by atoms with E-state index in [1.807, 2.05) is 18.2 Å². The Kier molecular flexibility index (Phi) is 3.62. The number of benzene rings is 1. The van der Waals surface area contributed by atoms with Crippen LogP contribution in [0.25, 0.3) is 0 Å². The molecule has 2 heterocycles. The number of likely N-dealkylation sites (N-methyl/N-ethyl adjacent to an activating group) is 1. The maximum atomic E-state index is 12.3. The lowest BCUT2D eigenvalue weighted by molar-refractivity contribution is -0.121. The largest absolute Gasteiger partial charge is 0.330 e. The second-order valence-corrected chi connectivity index (χ2v) is 7.01. The Labute approximate surface area is 131 Å². The number of thioether (sulfide) groups is 2. The van der Waals surface area contributed by atoms with E-state index in [2.05, 4.69) is 23.6 Å². The number of hydrogen-bond donors (Lipinski definition) is 0. The number of amides is 1. The first-order chi connectivity index (χ1) is 9.63. The summed E-state index contributed by atoms with van der Waals surface area (Å²) < 4.78 is 0.604. The Bertz CT molecular complexity index is 654. The van der Waals surface area contributed by atoms with E-state index in [0.717, 1.165) is 15.6 Å². The van der Waals surface area contributed by atoms with Crippen molar-refractivity contribution in [1.29, 1.82) is 0 Å². The lowest BCUT2D eigenvalue weighted by Gasteiger charge is -2.19. The van der Waals surface area contributed by atoms with Gasteiger partial charge in [0, 0.05) is 18.5 Å². The van der Waals surface area contributed by atoms with Crippen LogP contribution in [-0.4, -0.2) is 28.7 Å². The zero-order chi connectivity index (χ0) is 14.3. The summed E-state index contributed by atoms with van der Waals surface area (Å²) in [6.07, 6.45) is 1.84. The van der Waals surface area contributed by atoms with Gasteiger partial charge in [-0.25, -0.2) is 0 Å². The molecule has 0 N–H and O–H groups in total. The molecule has 6 heteroatoms. The van der Waals surface area contributed by atoms with Gasteiger partial charge >= 0.3 is 0 Å². The van der Waals surface area contributed by atoms with Crippen LogP contribution in [0.1, 0.15) is 0 Å². The smallest absolute Gasteiger partial charge is 0.268 e. The fourth-order valence-corrected chi connectivity index (χ4v) is 4.58. The standard InChI is InChI=1S/C14H12N2OS3/c1-3-8-16-9-6-4-5-7-10(9)19-13(16)11-12(17)15(2)14(18)20-11/h3-7H,1,8H2,2H3/b13-11-. The van der Waals surface area contributed by atoms with Gasteiger partial charge in [-0.15, -0.1) is 6.58 Å². The molecule has 1 aromatic carbocycles. The van der Waals surface area contributed by atoms with Crippen LogP contribution in [0.4, 0.5) is 5.69 Å². The van der Waals surface area contributed by atoms with Crippen LogP contribution in [0, 0.1) is 0 Å². The second kappa shape index (κ2) is 5.27. The number of carbonyl (C=O) groups excluding carboxylic acids is 1. The van der Waals surface area contributed by atoms with Crippen molar-refractivity contribution in [3.63, 3.8) is 0 Å². The van der Waals surface area contributed by atoms with Crippen LogP contribution < -0.4 is 4.90 Å². The van der Waals surface area contributed by atoms with Crippen molar-refractivity contribution in [2.24, 2.45) is 0 Å². The molecule has 3 rings (SSSR count). The highest BCUT2D eigenvalue weighted by Crippen LogP contribution is 2.50. The predicted octanol–water partition coefficient (Wildman–Crippen LogP) is 3.44. The van der Waals surface area contributed by atoms with Gasteiger partial charge in [-0.3, -0.25) is 9.69 Å². The van der Waals surface area contributed by atoms with E-state index in [1.54, 1.807) is 18.8 Å². The fourth-order valence-electron chi connectivity index (χ4n) is 2.08. The van der Waals surface area contributed by atoms with Crippen molar-refractivity contribution in [2.45, 2.75) is 4.90 Å². The number of para-hydroxylation sites is 1. The molecule has 0 bridgehead atoms. The Morgan fingerprint density at radius 3 is 2.75 bits per heavy atom. The third kappa shape index (κ3) is 2.08. The third-order valence-electron chi connectivity index (χ3n) is 3.08. The summed E-state index contributed by atoms with van der Waals surface area (Å²) in [6.45, 7) is 4.48. The van der Waals surface area contributed by atoms with Gasteiger partial charge in [-0.2, -0.15) is 0 Å². The molecule has 0 aromatic heterocycles. The minimum atomic E-state index is -0.0237. The summed E-state index contributed by atoms with van der Waals surface area (Å²) in [5.74, 6) is -0.0237. The summed E-state index contributed by atoms with van der Waals surface area (Å²) >= 11 is 8.20. The Balaban J connectivity index is 2.09. The van der Waals surface area contributed by atoms with Gasteiger partial charge in [0.1, 0.15) is 14.3 Å². The number of anilines is 1. The van der Waals surface area contributed by atoms with Crippen molar-refractivity contribution in [3.05, 3.63) is 46.9 Å². The fraction of sp³-hybridized carbons (Fsp3) is 0.143. The summed E-state index contributed by atoms with van der Waals surface area (Å²) in [5, 5.41) is 0.952. The van der Waals surface area contributed by atoms with Gasteiger partial charge < -0.3 is 4.90 Å². The minimum Gasteiger partial charge on any atom is -0.330 e. The summed E-state index contributed by atoms with van der Waals surface area (Å²) in [7, 11) is 1.72. The highest BCUT2D eigenvalue weighted by atomic mass is 32.2. The number of thiocarbonyl (C=S) groups is 1. The van der Waals surface area contributed by atoms with E-state index in [9.17, 15) is 4.79 Å². The monoisotopic (exact) mass is 320 g/mol. The number of fused-ring (bicyclic) bond motifs is 1. The van der Waals surface area contributed by atoms with Gasteiger partial charge in [-0.05, 0) is 12.1 Å². The number of nitrogens with zero attached hydrogens (tertiary/aromatic N) is 2. The van der Waals surface area contributed by atoms with E-state index in [4.69, 9.17) is 12.2 Å². The Hall–Kier alpha value is -1.24.